The van der Waals surface area contributed by atoms with Crippen molar-refractivity contribution in [1.29, 1.82) is 0 Å². The van der Waals surface area contributed by atoms with Crippen molar-refractivity contribution in [2.24, 2.45) is 0 Å². The molecule has 0 aromatic heterocycles. The zero-order valence-corrected chi connectivity index (χ0v) is 17.1. The predicted octanol–water partition coefficient (Wildman–Crippen LogP) is 4.64. The van der Waals surface area contributed by atoms with Crippen LogP contribution in [0.3, 0.4) is 0 Å². The summed E-state index contributed by atoms with van der Waals surface area (Å²) in [7, 11) is 0. The molecule has 0 aliphatic rings. The van der Waals surface area contributed by atoms with Crippen LogP contribution in [0.4, 0.5) is 0 Å². The van der Waals surface area contributed by atoms with Crippen LogP contribution in [0.5, 0.6) is 0 Å². The van der Waals surface area contributed by atoms with Crippen LogP contribution in [0.25, 0.3) is 0 Å². The van der Waals surface area contributed by atoms with Crippen molar-refractivity contribution in [3.05, 3.63) is 70.3 Å². The molecule has 1 amide bonds. The summed E-state index contributed by atoms with van der Waals surface area (Å²) < 4.78 is 5.14. The number of rotatable bonds is 5. The lowest BCUT2D eigenvalue weighted by atomic mass is 9.87. The van der Waals surface area contributed by atoms with Gasteiger partial charge in [0.1, 0.15) is 0 Å². The molecule has 4 heteroatoms. The van der Waals surface area contributed by atoms with E-state index in [2.05, 4.69) is 39.1 Å². The van der Waals surface area contributed by atoms with Gasteiger partial charge in [0, 0.05) is 0 Å². The van der Waals surface area contributed by atoms with E-state index in [0.717, 1.165) is 11.1 Å². The molecule has 2 aromatic carbocycles. The Balaban J connectivity index is 1.89. The molecule has 2 aromatic rings. The first kappa shape index (κ1) is 20.7. The van der Waals surface area contributed by atoms with Gasteiger partial charge in [0.05, 0.1) is 11.6 Å². The van der Waals surface area contributed by atoms with Gasteiger partial charge in [-0.05, 0) is 60.6 Å². The van der Waals surface area contributed by atoms with Crippen LogP contribution in [0.2, 0.25) is 0 Å². The fourth-order valence-corrected chi connectivity index (χ4v) is 2.72. The normalized spacial score (nSPS) is 12.4. The first-order valence-electron chi connectivity index (χ1n) is 9.22. The minimum Gasteiger partial charge on any atom is -0.452 e. The molecule has 0 bridgehead atoms. The Hall–Kier alpha value is -2.62. The van der Waals surface area contributed by atoms with Crippen molar-refractivity contribution in [1.82, 2.24) is 5.32 Å². The average Bonchev–Trinajstić information content (AvgIpc) is 2.61. The Kier molecular flexibility index (Phi) is 6.42. The summed E-state index contributed by atoms with van der Waals surface area (Å²) in [6.07, 6.45) is 0. The van der Waals surface area contributed by atoms with Crippen LogP contribution in [0.15, 0.2) is 42.5 Å². The zero-order valence-electron chi connectivity index (χ0n) is 17.1. The molecule has 0 heterocycles. The van der Waals surface area contributed by atoms with Gasteiger partial charge >= 0.3 is 5.97 Å². The number of benzene rings is 2. The lowest BCUT2D eigenvalue weighted by Gasteiger charge is -2.19. The van der Waals surface area contributed by atoms with Gasteiger partial charge in [0.15, 0.2) is 6.61 Å². The summed E-state index contributed by atoms with van der Waals surface area (Å²) >= 11 is 0. The highest BCUT2D eigenvalue weighted by atomic mass is 16.5. The van der Waals surface area contributed by atoms with Gasteiger partial charge in [-0.15, -0.1) is 0 Å². The summed E-state index contributed by atoms with van der Waals surface area (Å²) in [6, 6.07) is 13.2. The van der Waals surface area contributed by atoms with Crippen LogP contribution in [-0.4, -0.2) is 18.5 Å². The number of aryl methyl sites for hydroxylation is 2. The van der Waals surface area contributed by atoms with Gasteiger partial charge in [0.2, 0.25) is 0 Å². The Labute approximate surface area is 161 Å². The molecule has 27 heavy (non-hydrogen) atoms. The Morgan fingerprint density at radius 2 is 1.63 bits per heavy atom. The fourth-order valence-electron chi connectivity index (χ4n) is 2.72. The van der Waals surface area contributed by atoms with Crippen LogP contribution < -0.4 is 5.32 Å². The monoisotopic (exact) mass is 367 g/mol. The van der Waals surface area contributed by atoms with E-state index >= 15 is 0 Å². The van der Waals surface area contributed by atoms with Crippen molar-refractivity contribution >= 4 is 11.9 Å². The molecule has 0 aliphatic carbocycles. The van der Waals surface area contributed by atoms with Crippen LogP contribution in [0.1, 0.15) is 66.3 Å². The number of hydrogen-bond acceptors (Lipinski definition) is 3. The number of carbonyl (C=O) groups is 2. The molecule has 0 unspecified atom stereocenters. The topological polar surface area (TPSA) is 55.4 Å². The van der Waals surface area contributed by atoms with Crippen molar-refractivity contribution in [3.63, 3.8) is 0 Å². The molecule has 0 aliphatic heterocycles. The molecule has 0 fully saturated rings. The van der Waals surface area contributed by atoms with E-state index in [9.17, 15) is 9.59 Å². The van der Waals surface area contributed by atoms with Gasteiger partial charge in [0.25, 0.3) is 5.91 Å². The largest absolute Gasteiger partial charge is 0.452 e. The second kappa shape index (κ2) is 8.38. The lowest BCUT2D eigenvalue weighted by molar-refractivity contribution is -0.124. The maximum atomic E-state index is 12.1. The van der Waals surface area contributed by atoms with Gasteiger partial charge < -0.3 is 10.1 Å². The zero-order chi connectivity index (χ0) is 20.2. The Morgan fingerprint density at radius 1 is 1.00 bits per heavy atom. The molecule has 1 atom stereocenters. The van der Waals surface area contributed by atoms with Crippen molar-refractivity contribution in [3.8, 4) is 0 Å². The number of ether oxygens (including phenoxy) is 1. The minimum atomic E-state index is -0.496. The summed E-state index contributed by atoms with van der Waals surface area (Å²) in [5, 5.41) is 2.86. The van der Waals surface area contributed by atoms with E-state index in [1.165, 1.54) is 11.1 Å². The van der Waals surface area contributed by atoms with Crippen molar-refractivity contribution < 1.29 is 14.3 Å². The third-order valence-electron chi connectivity index (χ3n) is 4.73. The first-order valence-corrected chi connectivity index (χ1v) is 9.22. The summed E-state index contributed by atoms with van der Waals surface area (Å²) in [6.45, 7) is 12.0. The highest BCUT2D eigenvalue weighted by Gasteiger charge is 2.16. The van der Waals surface area contributed by atoms with Crippen molar-refractivity contribution in [2.75, 3.05) is 6.61 Å². The van der Waals surface area contributed by atoms with E-state index < -0.39 is 5.97 Å². The molecule has 144 valence electrons. The van der Waals surface area contributed by atoms with Crippen LogP contribution in [-0.2, 0) is 14.9 Å². The highest BCUT2D eigenvalue weighted by Crippen LogP contribution is 2.22. The number of hydrogen-bond donors (Lipinski definition) is 1. The Bertz CT molecular complexity index is 817. The van der Waals surface area contributed by atoms with Crippen molar-refractivity contribution in [2.45, 2.75) is 53.0 Å². The van der Waals surface area contributed by atoms with E-state index in [1.807, 2.05) is 38.1 Å². The van der Waals surface area contributed by atoms with Crippen LogP contribution in [0, 0.1) is 13.8 Å². The summed E-state index contributed by atoms with van der Waals surface area (Å²) in [5.74, 6) is -0.815. The minimum absolute atomic E-state index is 0.0206. The quantitative estimate of drug-likeness (QED) is 0.784. The number of amides is 1. The third-order valence-corrected chi connectivity index (χ3v) is 4.73. The average molecular weight is 367 g/mol. The lowest BCUT2D eigenvalue weighted by Crippen LogP contribution is -2.31. The summed E-state index contributed by atoms with van der Waals surface area (Å²) in [4.78, 5) is 24.3. The predicted molar refractivity (Wildman–Crippen MR) is 108 cm³/mol. The standard InChI is InChI=1S/C23H29NO3/c1-15-7-8-19(13-16(15)2)17(3)24-21(25)14-27-22(26)18-9-11-20(12-10-18)23(4,5)6/h7-13,17H,14H2,1-6H3,(H,24,25)/t17-/m1/s1. The number of nitrogens with one attached hydrogen (secondary N) is 1. The van der Waals surface area contributed by atoms with Gasteiger partial charge in [-0.1, -0.05) is 51.1 Å². The van der Waals surface area contributed by atoms with E-state index in [-0.39, 0.29) is 24.0 Å². The maximum absolute atomic E-state index is 12.1. The highest BCUT2D eigenvalue weighted by molar-refractivity contribution is 5.91. The molecule has 0 spiro atoms. The molecule has 0 radical (unpaired) electrons. The molecule has 2 rings (SSSR count). The summed E-state index contributed by atoms with van der Waals surface area (Å²) in [5.41, 5.74) is 5.02. The molecule has 4 nitrogen and oxygen atoms in total. The second-order valence-corrected chi connectivity index (χ2v) is 8.04. The van der Waals surface area contributed by atoms with Gasteiger partial charge in [-0.2, -0.15) is 0 Å². The van der Waals surface area contributed by atoms with Gasteiger partial charge in [-0.25, -0.2) is 4.79 Å². The maximum Gasteiger partial charge on any atom is 0.338 e. The molecule has 0 saturated carbocycles. The molecular weight excluding hydrogens is 338 g/mol. The SMILES string of the molecule is Cc1ccc([C@@H](C)NC(=O)COC(=O)c2ccc(C(C)(C)C)cc2)cc1C. The number of esters is 1. The number of carbonyl (C=O) groups excluding carboxylic acids is 2. The third kappa shape index (κ3) is 5.68. The van der Waals surface area contributed by atoms with Crippen LogP contribution >= 0.6 is 0 Å². The fraction of sp³-hybridized carbons (Fsp3) is 0.391. The second-order valence-electron chi connectivity index (χ2n) is 8.04. The van der Waals surface area contributed by atoms with E-state index in [1.54, 1.807) is 12.1 Å². The van der Waals surface area contributed by atoms with E-state index in [0.29, 0.717) is 5.56 Å². The van der Waals surface area contributed by atoms with E-state index in [4.69, 9.17) is 4.74 Å². The first-order chi connectivity index (χ1) is 12.6. The molecular formula is C23H29NO3. The van der Waals surface area contributed by atoms with Gasteiger partial charge in [-0.3, -0.25) is 4.79 Å². The molecule has 1 N–H and O–H groups in total. The molecule has 0 saturated heterocycles. The smallest absolute Gasteiger partial charge is 0.338 e. The Morgan fingerprint density at radius 3 is 2.19 bits per heavy atom.